The summed E-state index contributed by atoms with van der Waals surface area (Å²) >= 11 is 0. The molecule has 0 aliphatic rings. The maximum Gasteiger partial charge on any atom is 0.305 e. The number of nitrogens with two attached hydrogens (primary N) is 1. The first kappa shape index (κ1) is 18.3. The fourth-order valence-corrected chi connectivity index (χ4v) is 1.92. The molecule has 1 rings (SSSR count). The van der Waals surface area contributed by atoms with E-state index in [1.807, 2.05) is 6.92 Å². The van der Waals surface area contributed by atoms with Crippen LogP contribution in [-0.2, 0) is 4.79 Å². The molecule has 0 aromatic heterocycles. The molecule has 0 bridgehead atoms. The third kappa shape index (κ3) is 5.54. The molecule has 0 saturated carbocycles. The van der Waals surface area contributed by atoms with Crippen molar-refractivity contribution in [1.82, 2.24) is 5.32 Å². The van der Waals surface area contributed by atoms with E-state index in [0.717, 1.165) is 6.07 Å². The fraction of sp³-hybridized carbons (Fsp3) is 0.312. The number of carbonyl (C=O) groups excluding carboxylic acids is 1. The molecule has 4 N–H and O–H groups in total. The number of aliphatic carboxylic acids is 1. The Labute approximate surface area is 133 Å². The van der Waals surface area contributed by atoms with Crippen LogP contribution in [0.3, 0.4) is 0 Å². The van der Waals surface area contributed by atoms with Crippen molar-refractivity contribution < 1.29 is 19.1 Å². The van der Waals surface area contributed by atoms with Gasteiger partial charge in [-0.2, -0.15) is 0 Å². The van der Waals surface area contributed by atoms with Gasteiger partial charge in [-0.3, -0.25) is 14.6 Å². The maximum absolute atomic E-state index is 13.8. The number of amides is 1. The summed E-state index contributed by atoms with van der Waals surface area (Å²) in [6.07, 6.45) is 1.86. The lowest BCUT2D eigenvalue weighted by atomic mass is 10.0. The van der Waals surface area contributed by atoms with Gasteiger partial charge in [-0.15, -0.1) is 0 Å². The zero-order valence-electron chi connectivity index (χ0n) is 13.1. The Morgan fingerprint density at radius 2 is 2.00 bits per heavy atom. The standard InChI is InChI=1S/C16H20FN3O3/c1-3-14(18)13(9-19-2)10-6-11(8-12(17)7-10)16(23)20-5-4-15(21)22/h6-9H,3-5,18H2,1-2H3,(H,20,23)(H,21,22)/b14-13+,19-9?. The smallest absolute Gasteiger partial charge is 0.305 e. The van der Waals surface area contributed by atoms with Crippen molar-refractivity contribution in [2.45, 2.75) is 19.8 Å². The number of nitrogens with zero attached hydrogens (tertiary/aromatic N) is 1. The zero-order valence-corrected chi connectivity index (χ0v) is 13.1. The molecule has 7 heteroatoms. The summed E-state index contributed by atoms with van der Waals surface area (Å²) in [5.74, 6) is -2.16. The Bertz CT molecular complexity index is 654. The van der Waals surface area contributed by atoms with Gasteiger partial charge in [0.15, 0.2) is 0 Å². The Balaban J connectivity index is 3.12. The van der Waals surface area contributed by atoms with E-state index in [1.54, 1.807) is 7.05 Å². The Morgan fingerprint density at radius 1 is 1.35 bits per heavy atom. The normalized spacial score (nSPS) is 12.1. The molecule has 0 aliphatic heterocycles. The number of hydrogen-bond donors (Lipinski definition) is 3. The summed E-state index contributed by atoms with van der Waals surface area (Å²) in [6.45, 7) is 1.83. The SMILES string of the molecule is CC/C(N)=C(/C=NC)c1cc(F)cc(C(=O)NCCC(=O)O)c1. The van der Waals surface area contributed by atoms with Gasteiger partial charge < -0.3 is 16.2 Å². The molecule has 0 saturated heterocycles. The largest absolute Gasteiger partial charge is 0.481 e. The van der Waals surface area contributed by atoms with Gasteiger partial charge in [-0.05, 0) is 30.2 Å². The van der Waals surface area contributed by atoms with E-state index in [1.165, 1.54) is 18.3 Å². The number of hydrogen-bond acceptors (Lipinski definition) is 4. The second-order valence-electron chi connectivity index (χ2n) is 4.81. The first-order valence-corrected chi connectivity index (χ1v) is 7.10. The first-order chi connectivity index (χ1) is 10.9. The maximum atomic E-state index is 13.8. The first-order valence-electron chi connectivity index (χ1n) is 7.10. The van der Waals surface area contributed by atoms with Crippen molar-refractivity contribution >= 4 is 23.7 Å². The molecule has 124 valence electrons. The minimum absolute atomic E-state index is 0.0315. The van der Waals surface area contributed by atoms with E-state index >= 15 is 0 Å². The average molecular weight is 321 g/mol. The van der Waals surface area contributed by atoms with Crippen LogP contribution in [-0.4, -0.2) is 36.8 Å². The number of carboxylic acid groups (broad SMARTS) is 1. The summed E-state index contributed by atoms with van der Waals surface area (Å²) in [6, 6.07) is 3.86. The van der Waals surface area contributed by atoms with Gasteiger partial charge in [0.05, 0.1) is 6.42 Å². The van der Waals surface area contributed by atoms with Crippen molar-refractivity contribution in [3.05, 3.63) is 40.8 Å². The molecule has 0 spiro atoms. The van der Waals surface area contributed by atoms with Gasteiger partial charge in [0.2, 0.25) is 0 Å². The van der Waals surface area contributed by atoms with E-state index < -0.39 is 17.7 Å². The van der Waals surface area contributed by atoms with Gasteiger partial charge in [-0.1, -0.05) is 6.92 Å². The molecule has 0 aliphatic carbocycles. The molecule has 1 aromatic rings. The average Bonchev–Trinajstić information content (AvgIpc) is 2.50. The molecular formula is C16H20FN3O3. The third-order valence-electron chi connectivity index (χ3n) is 3.08. The highest BCUT2D eigenvalue weighted by molar-refractivity contribution is 6.11. The van der Waals surface area contributed by atoms with E-state index in [4.69, 9.17) is 10.8 Å². The molecule has 6 nitrogen and oxygen atoms in total. The number of rotatable bonds is 7. The predicted octanol–water partition coefficient (Wildman–Crippen LogP) is 1.81. The number of allylic oxidation sites excluding steroid dienone is 2. The van der Waals surface area contributed by atoms with Gasteiger partial charge >= 0.3 is 5.97 Å². The second-order valence-corrected chi connectivity index (χ2v) is 4.81. The van der Waals surface area contributed by atoms with Crippen molar-refractivity contribution in [1.29, 1.82) is 0 Å². The molecule has 0 radical (unpaired) electrons. The lowest BCUT2D eigenvalue weighted by Crippen LogP contribution is -2.26. The summed E-state index contributed by atoms with van der Waals surface area (Å²) in [7, 11) is 1.57. The van der Waals surface area contributed by atoms with Crippen molar-refractivity contribution in [2.75, 3.05) is 13.6 Å². The highest BCUT2D eigenvalue weighted by Gasteiger charge is 2.12. The molecule has 0 unspecified atom stereocenters. The quantitative estimate of drug-likeness (QED) is 0.666. The lowest BCUT2D eigenvalue weighted by molar-refractivity contribution is -0.136. The zero-order chi connectivity index (χ0) is 17.4. The van der Waals surface area contributed by atoms with E-state index in [2.05, 4.69) is 10.3 Å². The summed E-state index contributed by atoms with van der Waals surface area (Å²) in [4.78, 5) is 26.4. The van der Waals surface area contributed by atoms with Crippen LogP contribution in [0, 0.1) is 5.82 Å². The van der Waals surface area contributed by atoms with Crippen LogP contribution in [0.25, 0.3) is 5.57 Å². The third-order valence-corrected chi connectivity index (χ3v) is 3.08. The Kier molecular flexibility index (Phi) is 6.92. The number of aliphatic imine (C=N–C) groups is 1. The van der Waals surface area contributed by atoms with Crippen LogP contribution < -0.4 is 11.1 Å². The number of carbonyl (C=O) groups is 2. The molecule has 0 fully saturated rings. The molecule has 1 amide bonds. The van der Waals surface area contributed by atoms with Gasteiger partial charge in [0, 0.05) is 36.6 Å². The highest BCUT2D eigenvalue weighted by atomic mass is 19.1. The molecule has 1 aromatic carbocycles. The van der Waals surface area contributed by atoms with Gasteiger partial charge in [0.25, 0.3) is 5.91 Å². The van der Waals surface area contributed by atoms with E-state index in [0.29, 0.717) is 23.3 Å². The molecule has 0 heterocycles. The minimum Gasteiger partial charge on any atom is -0.481 e. The highest BCUT2D eigenvalue weighted by Crippen LogP contribution is 2.20. The van der Waals surface area contributed by atoms with Gasteiger partial charge in [0.1, 0.15) is 5.82 Å². The number of halogens is 1. The van der Waals surface area contributed by atoms with Crippen LogP contribution in [0.4, 0.5) is 4.39 Å². The monoisotopic (exact) mass is 321 g/mol. The topological polar surface area (TPSA) is 105 Å². The van der Waals surface area contributed by atoms with Crippen molar-refractivity contribution in [3.63, 3.8) is 0 Å². The second kappa shape index (κ2) is 8.67. The molecular weight excluding hydrogens is 301 g/mol. The van der Waals surface area contributed by atoms with Crippen LogP contribution in [0.2, 0.25) is 0 Å². The number of benzene rings is 1. The minimum atomic E-state index is -1.02. The summed E-state index contributed by atoms with van der Waals surface area (Å²) in [5, 5.41) is 11.0. The molecule has 23 heavy (non-hydrogen) atoms. The summed E-state index contributed by atoms with van der Waals surface area (Å²) < 4.78 is 13.8. The molecule has 0 atom stereocenters. The van der Waals surface area contributed by atoms with Crippen LogP contribution in [0.15, 0.2) is 28.9 Å². The van der Waals surface area contributed by atoms with Crippen LogP contribution in [0.1, 0.15) is 35.7 Å². The van der Waals surface area contributed by atoms with Crippen LogP contribution >= 0.6 is 0 Å². The van der Waals surface area contributed by atoms with E-state index in [-0.39, 0.29) is 18.5 Å². The predicted molar refractivity (Wildman–Crippen MR) is 86.8 cm³/mol. The fourth-order valence-electron chi connectivity index (χ4n) is 1.92. The lowest BCUT2D eigenvalue weighted by Gasteiger charge is -2.10. The Morgan fingerprint density at radius 3 is 2.57 bits per heavy atom. The van der Waals surface area contributed by atoms with Crippen LogP contribution in [0.5, 0.6) is 0 Å². The summed E-state index contributed by atoms with van der Waals surface area (Å²) in [5.41, 5.74) is 7.54. The van der Waals surface area contributed by atoms with Crippen molar-refractivity contribution in [3.8, 4) is 0 Å². The number of nitrogens with one attached hydrogen (secondary N) is 1. The van der Waals surface area contributed by atoms with Crippen molar-refractivity contribution in [2.24, 2.45) is 10.7 Å². The Hall–Kier alpha value is -2.70. The number of carboxylic acids is 1. The van der Waals surface area contributed by atoms with Gasteiger partial charge in [-0.25, -0.2) is 4.39 Å². The van der Waals surface area contributed by atoms with E-state index in [9.17, 15) is 14.0 Å².